The normalized spacial score (nSPS) is 32.0. The number of hydrogen-bond donors (Lipinski definition) is 2. The van der Waals surface area contributed by atoms with Crippen LogP contribution in [0.4, 0.5) is 0 Å². The third-order valence-electron chi connectivity index (χ3n) is 1.58. The fraction of sp³-hybridized carbons (Fsp3) is 1.00. The van der Waals surface area contributed by atoms with Crippen LogP contribution in [0.5, 0.6) is 0 Å². The number of aliphatic hydroxyl groups excluding tert-OH is 1. The molecule has 10 heavy (non-hydrogen) atoms. The molecule has 0 radical (unpaired) electrons. The van der Waals surface area contributed by atoms with Crippen LogP contribution in [0.15, 0.2) is 0 Å². The standard InChI is InChI=1S/C5H11NO3S/c7-5-2-1-3-6(4-5)10(8)9/h5,7H,1-4H2,(H,8,9)/t5-/m0/s1. The third-order valence-corrected chi connectivity index (χ3v) is 2.35. The van der Waals surface area contributed by atoms with Crippen molar-refractivity contribution in [3.63, 3.8) is 0 Å². The molecular formula is C5H11NO3S. The number of aliphatic hydroxyl groups is 1. The van der Waals surface area contributed by atoms with Crippen molar-refractivity contribution in [1.82, 2.24) is 4.31 Å². The second-order valence-corrected chi connectivity index (χ2v) is 3.39. The lowest BCUT2D eigenvalue weighted by Gasteiger charge is -2.25. The molecular weight excluding hydrogens is 154 g/mol. The molecule has 0 bridgehead atoms. The lowest BCUT2D eigenvalue weighted by molar-refractivity contribution is 0.107. The Bertz CT molecular complexity index is 141. The lowest BCUT2D eigenvalue weighted by atomic mass is 10.1. The summed E-state index contributed by atoms with van der Waals surface area (Å²) in [4.78, 5) is 0. The van der Waals surface area contributed by atoms with Gasteiger partial charge in [-0.05, 0) is 12.8 Å². The Morgan fingerprint density at radius 2 is 2.30 bits per heavy atom. The summed E-state index contributed by atoms with van der Waals surface area (Å²) in [5.41, 5.74) is 0. The molecule has 0 aromatic carbocycles. The van der Waals surface area contributed by atoms with E-state index < -0.39 is 17.4 Å². The maximum atomic E-state index is 10.4. The van der Waals surface area contributed by atoms with E-state index in [0.717, 1.165) is 12.8 Å². The predicted molar refractivity (Wildman–Crippen MR) is 37.6 cm³/mol. The molecule has 2 atom stereocenters. The highest BCUT2D eigenvalue weighted by Gasteiger charge is 2.20. The van der Waals surface area contributed by atoms with Crippen molar-refractivity contribution in [3.05, 3.63) is 0 Å². The van der Waals surface area contributed by atoms with Crippen LogP contribution in [0.2, 0.25) is 0 Å². The summed E-state index contributed by atoms with van der Waals surface area (Å²) < 4.78 is 20.4. The van der Waals surface area contributed by atoms with Gasteiger partial charge in [-0.1, -0.05) is 0 Å². The Morgan fingerprint density at radius 1 is 1.60 bits per heavy atom. The van der Waals surface area contributed by atoms with Gasteiger partial charge in [0, 0.05) is 13.1 Å². The summed E-state index contributed by atoms with van der Waals surface area (Å²) in [7, 11) is 0. The highest BCUT2D eigenvalue weighted by Crippen LogP contribution is 2.10. The first-order valence-corrected chi connectivity index (χ1v) is 4.30. The van der Waals surface area contributed by atoms with Gasteiger partial charge in [-0.15, -0.1) is 0 Å². The van der Waals surface area contributed by atoms with Crippen LogP contribution in [-0.4, -0.2) is 37.4 Å². The number of rotatable bonds is 1. The minimum absolute atomic E-state index is 0.323. The first-order valence-electron chi connectivity index (χ1n) is 3.24. The van der Waals surface area contributed by atoms with Crippen molar-refractivity contribution in [2.24, 2.45) is 0 Å². The second kappa shape index (κ2) is 3.43. The molecule has 1 fully saturated rings. The van der Waals surface area contributed by atoms with E-state index in [1.54, 1.807) is 0 Å². The smallest absolute Gasteiger partial charge is 0.234 e. The zero-order chi connectivity index (χ0) is 7.56. The van der Waals surface area contributed by atoms with E-state index in [4.69, 9.17) is 9.66 Å². The number of piperidine rings is 1. The van der Waals surface area contributed by atoms with Gasteiger partial charge >= 0.3 is 0 Å². The molecule has 0 saturated carbocycles. The molecule has 1 heterocycles. The van der Waals surface area contributed by atoms with Crippen molar-refractivity contribution in [3.8, 4) is 0 Å². The zero-order valence-corrected chi connectivity index (χ0v) is 6.38. The largest absolute Gasteiger partial charge is 0.392 e. The first kappa shape index (κ1) is 8.13. The molecule has 1 unspecified atom stereocenters. The molecule has 0 aliphatic carbocycles. The minimum Gasteiger partial charge on any atom is -0.392 e. The molecule has 0 aromatic heterocycles. The van der Waals surface area contributed by atoms with Gasteiger partial charge in [0.15, 0.2) is 0 Å². The van der Waals surface area contributed by atoms with E-state index in [-0.39, 0.29) is 0 Å². The van der Waals surface area contributed by atoms with Gasteiger partial charge in [0.05, 0.1) is 6.10 Å². The van der Waals surface area contributed by atoms with Crippen molar-refractivity contribution >= 4 is 11.3 Å². The molecule has 0 spiro atoms. The van der Waals surface area contributed by atoms with Gasteiger partial charge in [-0.25, -0.2) is 4.21 Å². The molecule has 0 aromatic rings. The Morgan fingerprint density at radius 3 is 2.70 bits per heavy atom. The average Bonchev–Trinajstić information content (AvgIpc) is 1.88. The minimum atomic E-state index is -1.90. The fourth-order valence-corrected chi connectivity index (χ4v) is 1.65. The maximum absolute atomic E-state index is 10.4. The summed E-state index contributed by atoms with van der Waals surface area (Å²) in [6.45, 7) is 0.934. The van der Waals surface area contributed by atoms with Gasteiger partial charge in [-0.2, -0.15) is 4.31 Å². The quantitative estimate of drug-likeness (QED) is 0.519. The summed E-state index contributed by atoms with van der Waals surface area (Å²) in [5.74, 6) is 0. The van der Waals surface area contributed by atoms with Crippen molar-refractivity contribution < 1.29 is 13.9 Å². The molecule has 4 nitrogen and oxygen atoms in total. The van der Waals surface area contributed by atoms with Gasteiger partial charge < -0.3 is 5.11 Å². The summed E-state index contributed by atoms with van der Waals surface area (Å²) in [5, 5.41) is 9.04. The van der Waals surface area contributed by atoms with E-state index in [0.29, 0.717) is 13.1 Å². The van der Waals surface area contributed by atoms with Crippen LogP contribution in [-0.2, 0) is 11.3 Å². The van der Waals surface area contributed by atoms with Gasteiger partial charge in [0.2, 0.25) is 11.3 Å². The molecule has 1 rings (SSSR count). The van der Waals surface area contributed by atoms with Gasteiger partial charge in [0.25, 0.3) is 0 Å². The number of hydrogen-bond acceptors (Lipinski definition) is 2. The molecule has 1 aliphatic heterocycles. The molecule has 0 amide bonds. The van der Waals surface area contributed by atoms with Crippen LogP contribution in [0.25, 0.3) is 0 Å². The predicted octanol–water partition coefficient (Wildman–Crippen LogP) is -0.420. The Hall–Kier alpha value is 0.0300. The van der Waals surface area contributed by atoms with E-state index in [1.807, 2.05) is 0 Å². The molecule has 5 heteroatoms. The van der Waals surface area contributed by atoms with Crippen LogP contribution in [0.1, 0.15) is 12.8 Å². The monoisotopic (exact) mass is 165 g/mol. The Kier molecular flexibility index (Phi) is 2.79. The van der Waals surface area contributed by atoms with E-state index >= 15 is 0 Å². The first-order chi connectivity index (χ1) is 4.70. The summed E-state index contributed by atoms with van der Waals surface area (Å²) in [6.07, 6.45) is 1.12. The Labute approximate surface area is 62.3 Å². The molecule has 2 N–H and O–H groups in total. The van der Waals surface area contributed by atoms with E-state index in [2.05, 4.69) is 0 Å². The van der Waals surface area contributed by atoms with Crippen molar-refractivity contribution in [2.75, 3.05) is 13.1 Å². The average molecular weight is 165 g/mol. The van der Waals surface area contributed by atoms with E-state index in [9.17, 15) is 4.21 Å². The van der Waals surface area contributed by atoms with Crippen LogP contribution in [0, 0.1) is 0 Å². The summed E-state index contributed by atoms with van der Waals surface area (Å²) in [6, 6.07) is 0. The second-order valence-electron chi connectivity index (χ2n) is 2.41. The van der Waals surface area contributed by atoms with Gasteiger partial charge in [0.1, 0.15) is 0 Å². The fourth-order valence-electron chi connectivity index (χ4n) is 1.06. The third kappa shape index (κ3) is 2.02. The number of nitrogens with zero attached hydrogens (tertiary/aromatic N) is 1. The zero-order valence-electron chi connectivity index (χ0n) is 5.56. The topological polar surface area (TPSA) is 60.8 Å². The molecule has 60 valence electrons. The molecule has 1 aliphatic rings. The Balaban J connectivity index is 2.39. The highest BCUT2D eigenvalue weighted by molar-refractivity contribution is 7.76. The van der Waals surface area contributed by atoms with Gasteiger partial charge in [-0.3, -0.25) is 4.55 Å². The maximum Gasteiger partial charge on any atom is 0.234 e. The highest BCUT2D eigenvalue weighted by atomic mass is 32.2. The summed E-state index contributed by atoms with van der Waals surface area (Å²) >= 11 is -1.90. The SMILES string of the molecule is O=S(O)N1CCC[C@H](O)C1. The van der Waals surface area contributed by atoms with E-state index in [1.165, 1.54) is 4.31 Å². The van der Waals surface area contributed by atoms with Crippen molar-refractivity contribution in [1.29, 1.82) is 0 Å². The molecule has 1 saturated heterocycles. The van der Waals surface area contributed by atoms with Crippen LogP contribution < -0.4 is 0 Å². The lowest BCUT2D eigenvalue weighted by Crippen LogP contribution is -2.38. The van der Waals surface area contributed by atoms with Crippen LogP contribution >= 0.6 is 0 Å². The van der Waals surface area contributed by atoms with Crippen LogP contribution in [0.3, 0.4) is 0 Å². The van der Waals surface area contributed by atoms with Crippen molar-refractivity contribution in [2.45, 2.75) is 18.9 Å². The number of β-amino-alcohol motifs (C(OH)–C–C–N with tert-alkyl or cyclic N) is 1.